The van der Waals surface area contributed by atoms with Gasteiger partial charge in [-0.1, -0.05) is 35.3 Å². The van der Waals surface area contributed by atoms with Crippen LogP contribution in [0.5, 0.6) is 0 Å². The van der Waals surface area contributed by atoms with Gasteiger partial charge in [-0.05, 0) is 42.8 Å². The number of amides is 1. The molecular formula is C18H17Cl2NO4. The molecule has 0 aliphatic heterocycles. The van der Waals surface area contributed by atoms with Gasteiger partial charge in [0.15, 0.2) is 6.10 Å². The smallest absolute Gasteiger partial charge is 0.338 e. The Labute approximate surface area is 155 Å². The summed E-state index contributed by atoms with van der Waals surface area (Å²) in [7, 11) is 1.57. The number of methoxy groups -OCH3 is 1. The van der Waals surface area contributed by atoms with E-state index in [9.17, 15) is 9.59 Å². The summed E-state index contributed by atoms with van der Waals surface area (Å²) in [5.74, 6) is -1.11. The first-order valence-electron chi connectivity index (χ1n) is 7.45. The number of hydrogen-bond acceptors (Lipinski definition) is 4. The predicted octanol–water partition coefficient (Wildman–Crippen LogP) is 4.32. The van der Waals surface area contributed by atoms with Gasteiger partial charge >= 0.3 is 5.97 Å². The molecule has 7 heteroatoms. The van der Waals surface area contributed by atoms with Crippen molar-refractivity contribution in [3.8, 4) is 0 Å². The minimum Gasteiger partial charge on any atom is -0.449 e. The van der Waals surface area contributed by atoms with E-state index in [0.29, 0.717) is 27.9 Å². The maximum absolute atomic E-state index is 12.2. The third kappa shape index (κ3) is 5.46. The Bertz CT molecular complexity index is 779. The Morgan fingerprint density at radius 3 is 2.64 bits per heavy atom. The molecule has 25 heavy (non-hydrogen) atoms. The number of rotatable bonds is 6. The van der Waals surface area contributed by atoms with Gasteiger partial charge < -0.3 is 14.8 Å². The summed E-state index contributed by atoms with van der Waals surface area (Å²) in [5.41, 5.74) is 1.53. The number of esters is 1. The van der Waals surface area contributed by atoms with Gasteiger partial charge in [0.05, 0.1) is 22.9 Å². The third-order valence-electron chi connectivity index (χ3n) is 3.31. The minimum atomic E-state index is -1.01. The maximum atomic E-state index is 12.2. The lowest BCUT2D eigenvalue weighted by atomic mass is 10.1. The molecule has 0 saturated heterocycles. The molecule has 0 fully saturated rings. The molecule has 5 nitrogen and oxygen atoms in total. The van der Waals surface area contributed by atoms with Crippen LogP contribution in [0.4, 0.5) is 5.69 Å². The lowest BCUT2D eigenvalue weighted by molar-refractivity contribution is -0.123. The number of anilines is 1. The van der Waals surface area contributed by atoms with Crippen molar-refractivity contribution < 1.29 is 19.1 Å². The van der Waals surface area contributed by atoms with Crippen molar-refractivity contribution in [1.29, 1.82) is 0 Å². The maximum Gasteiger partial charge on any atom is 0.338 e. The molecule has 0 heterocycles. The second-order valence-electron chi connectivity index (χ2n) is 5.29. The first-order valence-corrected chi connectivity index (χ1v) is 8.21. The van der Waals surface area contributed by atoms with Gasteiger partial charge in [0.25, 0.3) is 5.91 Å². The molecule has 0 aromatic heterocycles. The monoisotopic (exact) mass is 381 g/mol. The molecule has 0 aliphatic rings. The molecule has 132 valence electrons. The second kappa shape index (κ2) is 8.85. The van der Waals surface area contributed by atoms with Gasteiger partial charge in [-0.3, -0.25) is 4.79 Å². The molecule has 1 amide bonds. The average molecular weight is 382 g/mol. The van der Waals surface area contributed by atoms with Gasteiger partial charge in [0.2, 0.25) is 0 Å². The van der Waals surface area contributed by atoms with Crippen molar-refractivity contribution in [2.75, 3.05) is 12.4 Å². The Morgan fingerprint density at radius 1 is 1.16 bits per heavy atom. The van der Waals surface area contributed by atoms with Crippen LogP contribution in [0.3, 0.4) is 0 Å². The average Bonchev–Trinajstić information content (AvgIpc) is 2.58. The number of nitrogens with one attached hydrogen (secondary N) is 1. The number of carbonyl (C=O) groups is 2. The highest BCUT2D eigenvalue weighted by atomic mass is 35.5. The molecule has 0 aliphatic carbocycles. The molecule has 0 spiro atoms. The molecule has 2 rings (SSSR count). The Morgan fingerprint density at radius 2 is 1.92 bits per heavy atom. The van der Waals surface area contributed by atoms with Gasteiger partial charge in [0.1, 0.15) is 0 Å². The largest absolute Gasteiger partial charge is 0.449 e. The highest BCUT2D eigenvalue weighted by Gasteiger charge is 2.20. The molecule has 0 radical (unpaired) electrons. The van der Waals surface area contributed by atoms with Crippen LogP contribution in [0.15, 0.2) is 42.5 Å². The topological polar surface area (TPSA) is 64.6 Å². The van der Waals surface area contributed by atoms with Crippen molar-refractivity contribution in [1.82, 2.24) is 0 Å². The summed E-state index contributed by atoms with van der Waals surface area (Å²) in [6.45, 7) is 1.86. The third-order valence-corrected chi connectivity index (χ3v) is 3.88. The van der Waals surface area contributed by atoms with Gasteiger partial charge in [-0.25, -0.2) is 4.79 Å². The number of benzene rings is 2. The number of carbonyl (C=O) groups excluding carboxylic acids is 2. The van der Waals surface area contributed by atoms with Crippen LogP contribution in [-0.4, -0.2) is 25.1 Å². The molecule has 2 aromatic rings. The van der Waals surface area contributed by atoms with Gasteiger partial charge in [-0.15, -0.1) is 0 Å². The van der Waals surface area contributed by atoms with E-state index in [1.807, 2.05) is 6.07 Å². The van der Waals surface area contributed by atoms with Crippen molar-refractivity contribution >= 4 is 40.8 Å². The number of halogens is 2. The van der Waals surface area contributed by atoms with E-state index in [-0.39, 0.29) is 0 Å². The molecule has 2 aromatic carbocycles. The van der Waals surface area contributed by atoms with Crippen molar-refractivity contribution in [3.05, 3.63) is 63.6 Å². The van der Waals surface area contributed by atoms with Crippen LogP contribution in [0.25, 0.3) is 0 Å². The van der Waals surface area contributed by atoms with E-state index >= 15 is 0 Å². The second-order valence-corrected chi connectivity index (χ2v) is 6.14. The van der Waals surface area contributed by atoms with Crippen LogP contribution in [0, 0.1) is 0 Å². The van der Waals surface area contributed by atoms with E-state index in [0.717, 1.165) is 5.56 Å². The number of hydrogen-bond donors (Lipinski definition) is 1. The fraction of sp³-hybridized carbons (Fsp3) is 0.222. The first kappa shape index (κ1) is 19.2. The van der Waals surface area contributed by atoms with E-state index < -0.39 is 18.0 Å². The van der Waals surface area contributed by atoms with E-state index in [2.05, 4.69) is 5.32 Å². The molecular weight excluding hydrogens is 365 g/mol. The first-order chi connectivity index (χ1) is 11.9. The lowest BCUT2D eigenvalue weighted by Crippen LogP contribution is -2.30. The zero-order valence-corrected chi connectivity index (χ0v) is 15.2. The summed E-state index contributed by atoms with van der Waals surface area (Å²) >= 11 is 11.9. The molecule has 1 N–H and O–H groups in total. The normalized spacial score (nSPS) is 11.7. The summed E-state index contributed by atoms with van der Waals surface area (Å²) in [6.07, 6.45) is -1.01. The molecule has 0 saturated carbocycles. The van der Waals surface area contributed by atoms with Crippen LogP contribution in [-0.2, 0) is 20.9 Å². The van der Waals surface area contributed by atoms with Crippen molar-refractivity contribution in [2.45, 2.75) is 19.6 Å². The quantitative estimate of drug-likeness (QED) is 0.756. The van der Waals surface area contributed by atoms with E-state index in [1.165, 1.54) is 13.0 Å². The Balaban J connectivity index is 2.01. The minimum absolute atomic E-state index is 0.337. The fourth-order valence-corrected chi connectivity index (χ4v) is 2.40. The number of ether oxygens (including phenoxy) is 2. The van der Waals surface area contributed by atoms with Crippen LogP contribution in [0.1, 0.15) is 22.8 Å². The van der Waals surface area contributed by atoms with Crippen LogP contribution in [0.2, 0.25) is 10.0 Å². The van der Waals surface area contributed by atoms with Crippen LogP contribution >= 0.6 is 23.2 Å². The molecule has 0 unspecified atom stereocenters. The highest BCUT2D eigenvalue weighted by Crippen LogP contribution is 2.25. The Kier molecular flexibility index (Phi) is 6.82. The standard InChI is InChI=1S/C18H17Cl2NO4/c1-11(17(22)21-16-9-14(19)6-7-15(16)20)25-18(23)13-5-3-4-12(8-13)10-24-2/h3-9,11H,10H2,1-2H3,(H,21,22)/t11-/m1/s1. The zero-order valence-electron chi connectivity index (χ0n) is 13.7. The predicted molar refractivity (Wildman–Crippen MR) is 97.1 cm³/mol. The van der Waals surface area contributed by atoms with E-state index in [1.54, 1.807) is 37.4 Å². The zero-order chi connectivity index (χ0) is 18.4. The van der Waals surface area contributed by atoms with Crippen molar-refractivity contribution in [2.24, 2.45) is 0 Å². The summed E-state index contributed by atoms with van der Waals surface area (Å²) in [4.78, 5) is 24.4. The summed E-state index contributed by atoms with van der Waals surface area (Å²) in [5, 5.41) is 3.35. The highest BCUT2D eigenvalue weighted by molar-refractivity contribution is 6.35. The fourth-order valence-electron chi connectivity index (χ4n) is 2.06. The molecule has 0 bridgehead atoms. The van der Waals surface area contributed by atoms with Crippen LogP contribution < -0.4 is 5.32 Å². The van der Waals surface area contributed by atoms with Crippen molar-refractivity contribution in [3.63, 3.8) is 0 Å². The summed E-state index contributed by atoms with van der Waals surface area (Å²) in [6, 6.07) is 11.5. The molecule has 1 atom stereocenters. The lowest BCUT2D eigenvalue weighted by Gasteiger charge is -2.14. The van der Waals surface area contributed by atoms with Gasteiger partial charge in [0, 0.05) is 12.1 Å². The van der Waals surface area contributed by atoms with E-state index in [4.69, 9.17) is 32.7 Å². The SMILES string of the molecule is COCc1cccc(C(=O)O[C@H](C)C(=O)Nc2cc(Cl)ccc2Cl)c1. The van der Waals surface area contributed by atoms with Gasteiger partial charge in [-0.2, -0.15) is 0 Å². The summed E-state index contributed by atoms with van der Waals surface area (Å²) < 4.78 is 10.2. The Hall–Kier alpha value is -2.08.